The largest absolute Gasteiger partial charge is 0.466 e. The van der Waals surface area contributed by atoms with Gasteiger partial charge in [0.25, 0.3) is 0 Å². The van der Waals surface area contributed by atoms with Crippen LogP contribution < -0.4 is 0 Å². The van der Waals surface area contributed by atoms with Gasteiger partial charge < -0.3 is 9.47 Å². The van der Waals surface area contributed by atoms with Gasteiger partial charge in [0.1, 0.15) is 0 Å². The first-order valence-corrected chi connectivity index (χ1v) is 14.5. The Morgan fingerprint density at radius 2 is 0.941 bits per heavy atom. The van der Waals surface area contributed by atoms with Gasteiger partial charge in [0, 0.05) is 12.8 Å². The van der Waals surface area contributed by atoms with Gasteiger partial charge in [-0.15, -0.1) is 0 Å². The summed E-state index contributed by atoms with van der Waals surface area (Å²) in [6.07, 6.45) is 17.9. The fourth-order valence-electron chi connectivity index (χ4n) is 4.10. The molecule has 0 aromatic carbocycles. The van der Waals surface area contributed by atoms with Gasteiger partial charge in [-0.3, -0.25) is 9.59 Å². The number of carbonyl (C=O) groups is 2. The maximum atomic E-state index is 12.1. The molecule has 34 heavy (non-hydrogen) atoms. The summed E-state index contributed by atoms with van der Waals surface area (Å²) in [4.78, 5) is 23.7. The van der Waals surface area contributed by atoms with Crippen LogP contribution in [0, 0.1) is 23.7 Å². The molecule has 0 aromatic rings. The highest BCUT2D eigenvalue weighted by Crippen LogP contribution is 2.23. The van der Waals surface area contributed by atoms with E-state index in [1.165, 1.54) is 57.8 Å². The summed E-state index contributed by atoms with van der Waals surface area (Å²) in [5.74, 6) is 2.12. The molecule has 0 N–H and O–H groups in total. The van der Waals surface area contributed by atoms with Gasteiger partial charge in [-0.2, -0.15) is 0 Å². The highest BCUT2D eigenvalue weighted by Gasteiger charge is 2.18. The number of rotatable bonds is 23. The van der Waals surface area contributed by atoms with Crippen molar-refractivity contribution in [1.82, 2.24) is 0 Å². The lowest BCUT2D eigenvalue weighted by Crippen LogP contribution is -2.17. The zero-order chi connectivity index (χ0) is 25.6. The molecule has 0 heterocycles. The Morgan fingerprint density at radius 3 is 1.38 bits per heavy atom. The maximum absolute atomic E-state index is 12.1. The van der Waals surface area contributed by atoms with Crippen LogP contribution in [0.15, 0.2) is 0 Å². The summed E-state index contributed by atoms with van der Waals surface area (Å²) < 4.78 is 10.7. The minimum atomic E-state index is -0.0260. The zero-order valence-electron chi connectivity index (χ0n) is 23.7. The molecule has 202 valence electrons. The van der Waals surface area contributed by atoms with Gasteiger partial charge in [0.2, 0.25) is 0 Å². The van der Waals surface area contributed by atoms with E-state index in [1.54, 1.807) is 0 Å². The molecule has 1 atom stereocenters. The minimum absolute atomic E-state index is 0.0130. The van der Waals surface area contributed by atoms with Crippen molar-refractivity contribution in [2.45, 2.75) is 144 Å². The first kappa shape index (κ1) is 32.9. The van der Waals surface area contributed by atoms with Gasteiger partial charge in [0.15, 0.2) is 0 Å². The molecule has 0 bridgehead atoms. The Morgan fingerprint density at radius 1 is 0.529 bits per heavy atom. The molecule has 0 saturated carbocycles. The van der Waals surface area contributed by atoms with Crippen molar-refractivity contribution in [2.24, 2.45) is 23.7 Å². The quantitative estimate of drug-likeness (QED) is 0.108. The molecule has 0 radical (unpaired) electrons. The van der Waals surface area contributed by atoms with E-state index in [9.17, 15) is 9.59 Å². The molecule has 4 heteroatoms. The van der Waals surface area contributed by atoms with E-state index in [0.29, 0.717) is 49.7 Å². The number of unbranched alkanes of at least 4 members (excludes halogenated alkanes) is 10. The fraction of sp³-hybridized carbons (Fsp3) is 0.933. The second-order valence-electron chi connectivity index (χ2n) is 11.4. The van der Waals surface area contributed by atoms with Crippen LogP contribution in [0.1, 0.15) is 144 Å². The Balaban J connectivity index is 3.54. The second-order valence-corrected chi connectivity index (χ2v) is 11.4. The molecule has 0 amide bonds. The summed E-state index contributed by atoms with van der Waals surface area (Å²) in [7, 11) is 0. The smallest absolute Gasteiger partial charge is 0.306 e. The third-order valence-corrected chi connectivity index (χ3v) is 6.74. The van der Waals surface area contributed by atoms with E-state index in [0.717, 1.165) is 32.1 Å². The van der Waals surface area contributed by atoms with E-state index < -0.39 is 0 Å². The Bertz CT molecular complexity index is 484. The van der Waals surface area contributed by atoms with Crippen LogP contribution in [0.25, 0.3) is 0 Å². The van der Waals surface area contributed by atoms with Crippen molar-refractivity contribution in [3.8, 4) is 0 Å². The highest BCUT2D eigenvalue weighted by atomic mass is 16.5. The van der Waals surface area contributed by atoms with E-state index in [2.05, 4.69) is 41.5 Å². The normalized spacial score (nSPS) is 12.5. The van der Waals surface area contributed by atoms with Crippen molar-refractivity contribution in [3.05, 3.63) is 0 Å². The van der Waals surface area contributed by atoms with Crippen molar-refractivity contribution >= 4 is 11.9 Å². The van der Waals surface area contributed by atoms with E-state index in [1.807, 2.05) is 0 Å². The lowest BCUT2D eigenvalue weighted by molar-refractivity contribution is -0.146. The predicted octanol–water partition coefficient (Wildman–Crippen LogP) is 8.90. The molecular formula is C30H58O4. The molecule has 0 spiro atoms. The molecule has 0 saturated heterocycles. The van der Waals surface area contributed by atoms with E-state index >= 15 is 0 Å². The third kappa shape index (κ3) is 22.7. The summed E-state index contributed by atoms with van der Waals surface area (Å²) in [5, 5.41) is 0. The Labute approximate surface area is 212 Å². The monoisotopic (exact) mass is 482 g/mol. The van der Waals surface area contributed by atoms with Crippen molar-refractivity contribution in [2.75, 3.05) is 13.2 Å². The summed E-state index contributed by atoms with van der Waals surface area (Å²) in [6, 6.07) is 0. The fourth-order valence-corrected chi connectivity index (χ4v) is 4.10. The number of esters is 2. The second kappa shape index (κ2) is 22.4. The Kier molecular flexibility index (Phi) is 21.7. The zero-order valence-corrected chi connectivity index (χ0v) is 23.7. The molecule has 0 fully saturated rings. The SMILES string of the molecule is CC(C)CCOC(=O)CCCCCCCCCCCCCC(CC(=O)OCCC(C)C)C(C)C. The number of hydrogen-bond donors (Lipinski definition) is 0. The molecule has 0 rings (SSSR count). The lowest BCUT2D eigenvalue weighted by Gasteiger charge is -2.20. The number of hydrogen-bond acceptors (Lipinski definition) is 4. The van der Waals surface area contributed by atoms with Crippen LogP contribution in [-0.4, -0.2) is 25.2 Å². The average Bonchev–Trinajstić information content (AvgIpc) is 2.75. The van der Waals surface area contributed by atoms with Gasteiger partial charge in [0.05, 0.1) is 13.2 Å². The van der Waals surface area contributed by atoms with Crippen molar-refractivity contribution in [1.29, 1.82) is 0 Å². The molecule has 0 aliphatic heterocycles. The first-order valence-electron chi connectivity index (χ1n) is 14.5. The molecule has 0 aliphatic rings. The molecule has 0 aliphatic carbocycles. The summed E-state index contributed by atoms with van der Waals surface area (Å²) in [5.41, 5.74) is 0. The van der Waals surface area contributed by atoms with Crippen molar-refractivity contribution < 1.29 is 19.1 Å². The van der Waals surface area contributed by atoms with Crippen LogP contribution >= 0.6 is 0 Å². The van der Waals surface area contributed by atoms with Gasteiger partial charge in [-0.1, -0.05) is 106 Å². The minimum Gasteiger partial charge on any atom is -0.466 e. The molecule has 1 unspecified atom stereocenters. The topological polar surface area (TPSA) is 52.6 Å². The predicted molar refractivity (Wildman–Crippen MR) is 144 cm³/mol. The maximum Gasteiger partial charge on any atom is 0.306 e. The molecule has 4 nitrogen and oxygen atoms in total. The Hall–Kier alpha value is -1.06. The molecule has 0 aromatic heterocycles. The standard InChI is InChI=1S/C30H58O4/c1-25(2)20-22-33-29(31)19-17-15-13-11-9-7-8-10-12-14-16-18-28(27(5)6)24-30(32)34-23-21-26(3)4/h25-28H,7-24H2,1-6H3. The number of carbonyl (C=O) groups excluding carboxylic acids is 2. The van der Waals surface area contributed by atoms with Crippen LogP contribution in [0.3, 0.4) is 0 Å². The van der Waals surface area contributed by atoms with Crippen LogP contribution in [0.4, 0.5) is 0 Å². The van der Waals surface area contributed by atoms with E-state index in [4.69, 9.17) is 9.47 Å². The first-order chi connectivity index (χ1) is 16.2. The van der Waals surface area contributed by atoms with Crippen LogP contribution in [0.2, 0.25) is 0 Å². The average molecular weight is 483 g/mol. The van der Waals surface area contributed by atoms with Gasteiger partial charge in [-0.25, -0.2) is 0 Å². The van der Waals surface area contributed by atoms with Gasteiger partial charge in [-0.05, 0) is 49.4 Å². The summed E-state index contributed by atoms with van der Waals surface area (Å²) >= 11 is 0. The number of ether oxygens (including phenoxy) is 2. The van der Waals surface area contributed by atoms with Crippen LogP contribution in [0.5, 0.6) is 0 Å². The van der Waals surface area contributed by atoms with Gasteiger partial charge >= 0.3 is 11.9 Å². The molecular weight excluding hydrogens is 424 g/mol. The summed E-state index contributed by atoms with van der Waals surface area (Å²) in [6.45, 7) is 14.2. The highest BCUT2D eigenvalue weighted by molar-refractivity contribution is 5.69. The van der Waals surface area contributed by atoms with E-state index in [-0.39, 0.29) is 11.9 Å². The lowest BCUT2D eigenvalue weighted by atomic mass is 9.87. The van der Waals surface area contributed by atoms with Crippen molar-refractivity contribution in [3.63, 3.8) is 0 Å². The third-order valence-electron chi connectivity index (χ3n) is 6.74. The van der Waals surface area contributed by atoms with Crippen LogP contribution in [-0.2, 0) is 19.1 Å².